The van der Waals surface area contributed by atoms with Gasteiger partial charge in [-0.05, 0) is 18.2 Å². The molecule has 0 aliphatic rings. The Morgan fingerprint density at radius 3 is 2.78 bits per heavy atom. The highest BCUT2D eigenvalue weighted by molar-refractivity contribution is 5.94. The molecule has 0 spiro atoms. The summed E-state index contributed by atoms with van der Waals surface area (Å²) >= 11 is 0. The Hall–Kier alpha value is -1.67. The van der Waals surface area contributed by atoms with Crippen LogP contribution in [0.15, 0.2) is 36.8 Å². The fraction of sp³-hybridized carbons (Fsp3) is 0.357. The molecule has 128 valence electrons. The van der Waals surface area contributed by atoms with Crippen molar-refractivity contribution in [3.63, 3.8) is 0 Å². The van der Waals surface area contributed by atoms with Crippen molar-refractivity contribution in [3.05, 3.63) is 42.4 Å². The second kappa shape index (κ2) is 11.8. The molecular formula is C14H21Cl2N5O2. The van der Waals surface area contributed by atoms with Crippen LogP contribution in [0.3, 0.4) is 0 Å². The molecule has 7 nitrogen and oxygen atoms in total. The molecule has 2 heterocycles. The summed E-state index contributed by atoms with van der Waals surface area (Å²) in [6.45, 7) is 2.69. The topological polar surface area (TPSA) is 81.1 Å². The molecule has 0 aliphatic carbocycles. The number of hydrogen-bond acceptors (Lipinski definition) is 5. The Bertz CT molecular complexity index is 566. The summed E-state index contributed by atoms with van der Waals surface area (Å²) < 4.78 is 6.54. The first-order valence-corrected chi connectivity index (χ1v) is 6.75. The highest BCUT2D eigenvalue weighted by Gasteiger charge is 2.07. The Morgan fingerprint density at radius 2 is 2.09 bits per heavy atom. The van der Waals surface area contributed by atoms with Gasteiger partial charge in [-0.3, -0.25) is 4.79 Å². The van der Waals surface area contributed by atoms with E-state index in [1.54, 1.807) is 48.6 Å². The number of hydrogen-bond donors (Lipinski definition) is 2. The van der Waals surface area contributed by atoms with Gasteiger partial charge in [-0.1, -0.05) is 0 Å². The lowest BCUT2D eigenvalue weighted by Gasteiger charge is -2.07. The molecule has 2 rings (SSSR count). The molecule has 0 unspecified atom stereocenters. The zero-order valence-electron chi connectivity index (χ0n) is 12.8. The van der Waals surface area contributed by atoms with E-state index in [-0.39, 0.29) is 30.7 Å². The number of nitrogens with zero attached hydrogens (tertiary/aromatic N) is 3. The molecule has 2 aromatic rings. The van der Waals surface area contributed by atoms with Crippen molar-refractivity contribution < 1.29 is 9.53 Å². The van der Waals surface area contributed by atoms with E-state index >= 15 is 0 Å². The van der Waals surface area contributed by atoms with Gasteiger partial charge in [0.05, 0.1) is 6.61 Å². The number of ether oxygens (including phenoxy) is 1. The monoisotopic (exact) mass is 361 g/mol. The lowest BCUT2D eigenvalue weighted by Crippen LogP contribution is -2.33. The van der Waals surface area contributed by atoms with Crippen molar-refractivity contribution in [1.29, 1.82) is 0 Å². The van der Waals surface area contributed by atoms with E-state index in [2.05, 4.69) is 20.7 Å². The van der Waals surface area contributed by atoms with Crippen molar-refractivity contribution in [3.8, 4) is 5.82 Å². The number of pyridine rings is 1. The van der Waals surface area contributed by atoms with Gasteiger partial charge in [0.15, 0.2) is 5.82 Å². The van der Waals surface area contributed by atoms with E-state index in [1.165, 1.54) is 0 Å². The van der Waals surface area contributed by atoms with Crippen LogP contribution < -0.4 is 10.6 Å². The van der Waals surface area contributed by atoms with Crippen LogP contribution in [0.1, 0.15) is 10.4 Å². The number of nitrogens with one attached hydrogen (secondary N) is 2. The SMILES string of the molecule is COCCNCCNC(=O)c1ccnc(-n2cccn2)c1.Cl.Cl. The molecule has 0 aliphatic heterocycles. The zero-order valence-corrected chi connectivity index (χ0v) is 14.4. The van der Waals surface area contributed by atoms with Crippen molar-refractivity contribution in [2.75, 3.05) is 33.4 Å². The first-order chi connectivity index (χ1) is 10.3. The molecule has 0 aromatic carbocycles. The summed E-state index contributed by atoms with van der Waals surface area (Å²) in [6, 6.07) is 5.20. The summed E-state index contributed by atoms with van der Waals surface area (Å²) in [5.74, 6) is 0.491. The van der Waals surface area contributed by atoms with Crippen molar-refractivity contribution in [2.45, 2.75) is 0 Å². The molecule has 1 amide bonds. The van der Waals surface area contributed by atoms with E-state index in [1.807, 2.05) is 0 Å². The van der Waals surface area contributed by atoms with Crippen LogP contribution in [0.2, 0.25) is 0 Å². The minimum atomic E-state index is -0.126. The number of rotatable bonds is 8. The van der Waals surface area contributed by atoms with Gasteiger partial charge in [0.25, 0.3) is 5.91 Å². The first-order valence-electron chi connectivity index (χ1n) is 6.75. The molecule has 0 bridgehead atoms. The number of methoxy groups -OCH3 is 1. The third-order valence-electron chi connectivity index (χ3n) is 2.82. The maximum Gasteiger partial charge on any atom is 0.251 e. The maximum atomic E-state index is 12.0. The molecule has 0 saturated heterocycles. The summed E-state index contributed by atoms with van der Waals surface area (Å²) in [4.78, 5) is 16.2. The van der Waals surface area contributed by atoms with Gasteiger partial charge in [-0.2, -0.15) is 5.10 Å². The quantitative estimate of drug-likeness (QED) is 0.687. The van der Waals surface area contributed by atoms with Crippen LogP contribution in [0, 0.1) is 0 Å². The highest BCUT2D eigenvalue weighted by Crippen LogP contribution is 2.05. The van der Waals surface area contributed by atoms with E-state index in [0.29, 0.717) is 31.1 Å². The molecule has 23 heavy (non-hydrogen) atoms. The molecular weight excluding hydrogens is 341 g/mol. The highest BCUT2D eigenvalue weighted by atomic mass is 35.5. The average molecular weight is 362 g/mol. The number of carbonyl (C=O) groups is 1. The van der Waals surface area contributed by atoms with Crippen molar-refractivity contribution >= 4 is 30.7 Å². The van der Waals surface area contributed by atoms with E-state index in [0.717, 1.165) is 6.54 Å². The minimum absolute atomic E-state index is 0. The van der Waals surface area contributed by atoms with E-state index < -0.39 is 0 Å². The predicted molar refractivity (Wildman–Crippen MR) is 92.9 cm³/mol. The summed E-state index contributed by atoms with van der Waals surface area (Å²) in [6.07, 6.45) is 5.05. The summed E-state index contributed by atoms with van der Waals surface area (Å²) in [5, 5.41) is 10.1. The number of aromatic nitrogens is 3. The summed E-state index contributed by atoms with van der Waals surface area (Å²) in [5.41, 5.74) is 0.562. The smallest absolute Gasteiger partial charge is 0.251 e. The van der Waals surface area contributed by atoms with Gasteiger partial charge in [0.2, 0.25) is 0 Å². The Labute approximate surface area is 147 Å². The Morgan fingerprint density at radius 1 is 1.26 bits per heavy atom. The van der Waals surface area contributed by atoms with Crippen LogP contribution in [0.4, 0.5) is 0 Å². The first kappa shape index (κ1) is 21.3. The minimum Gasteiger partial charge on any atom is -0.383 e. The normalized spacial score (nSPS) is 9.61. The van der Waals surface area contributed by atoms with Gasteiger partial charge >= 0.3 is 0 Å². The van der Waals surface area contributed by atoms with Crippen molar-refractivity contribution in [2.24, 2.45) is 0 Å². The third kappa shape index (κ3) is 6.96. The van der Waals surface area contributed by atoms with Crippen LogP contribution in [0.25, 0.3) is 5.82 Å². The van der Waals surface area contributed by atoms with Crippen LogP contribution in [-0.4, -0.2) is 54.0 Å². The molecule has 2 N–H and O–H groups in total. The molecule has 0 atom stereocenters. The molecule has 0 radical (unpaired) electrons. The van der Waals surface area contributed by atoms with Gasteiger partial charge < -0.3 is 15.4 Å². The van der Waals surface area contributed by atoms with Gasteiger partial charge in [0, 0.05) is 50.9 Å². The zero-order chi connectivity index (χ0) is 14.9. The van der Waals surface area contributed by atoms with Gasteiger partial charge in [0.1, 0.15) is 0 Å². The predicted octanol–water partition coefficient (Wildman–Crippen LogP) is 1.08. The Kier molecular flexibility index (Phi) is 11.0. The number of halogens is 2. The average Bonchev–Trinajstić information content (AvgIpc) is 3.05. The van der Waals surface area contributed by atoms with Gasteiger partial charge in [-0.25, -0.2) is 9.67 Å². The van der Waals surface area contributed by atoms with Crippen molar-refractivity contribution in [1.82, 2.24) is 25.4 Å². The fourth-order valence-electron chi connectivity index (χ4n) is 1.75. The number of amides is 1. The molecule has 9 heteroatoms. The number of carbonyl (C=O) groups excluding carboxylic acids is 1. The standard InChI is InChI=1S/C14H19N5O2.2ClH/c1-21-10-8-15-6-7-17-14(20)12-3-5-16-13(11-12)19-9-2-4-18-19;;/h2-5,9,11,15H,6-8,10H2,1H3,(H,17,20);2*1H. The van der Waals surface area contributed by atoms with E-state index in [4.69, 9.17) is 4.74 Å². The second-order valence-corrected chi connectivity index (χ2v) is 4.35. The largest absolute Gasteiger partial charge is 0.383 e. The van der Waals surface area contributed by atoms with Crippen LogP contribution in [-0.2, 0) is 4.74 Å². The lowest BCUT2D eigenvalue weighted by atomic mass is 10.2. The van der Waals surface area contributed by atoms with Crippen LogP contribution >= 0.6 is 24.8 Å². The third-order valence-corrected chi connectivity index (χ3v) is 2.82. The Balaban J connectivity index is 0.00000242. The van der Waals surface area contributed by atoms with E-state index in [9.17, 15) is 4.79 Å². The second-order valence-electron chi connectivity index (χ2n) is 4.35. The fourth-order valence-corrected chi connectivity index (χ4v) is 1.75. The molecule has 0 saturated carbocycles. The summed E-state index contributed by atoms with van der Waals surface area (Å²) in [7, 11) is 1.66. The molecule has 0 fully saturated rings. The lowest BCUT2D eigenvalue weighted by molar-refractivity contribution is 0.0953. The maximum absolute atomic E-state index is 12.0. The van der Waals surface area contributed by atoms with Crippen LogP contribution in [0.5, 0.6) is 0 Å². The molecule has 2 aromatic heterocycles. The van der Waals surface area contributed by atoms with Gasteiger partial charge in [-0.15, -0.1) is 24.8 Å².